The average Bonchev–Trinajstić information content (AvgIpc) is 2.17. The van der Waals surface area contributed by atoms with Crippen LogP contribution >= 0.6 is 11.6 Å². The van der Waals surface area contributed by atoms with Crippen LogP contribution in [0.25, 0.3) is 0 Å². The fraction of sp³-hybridized carbons (Fsp3) is 0.400. The molecule has 0 heterocycles. The fourth-order valence-electron chi connectivity index (χ4n) is 1.39. The normalized spacial score (nSPS) is 13.9. The van der Waals surface area contributed by atoms with Gasteiger partial charge in [0.2, 0.25) is 0 Å². The third kappa shape index (κ3) is 3.09. The number of hydrogen-bond acceptors (Lipinski definition) is 1. The Morgan fingerprint density at radius 3 is 2.50 bits per heavy atom. The van der Waals surface area contributed by atoms with Crippen molar-refractivity contribution in [3.05, 3.63) is 34.6 Å². The minimum Gasteiger partial charge on any atom is -0.319 e. The van der Waals surface area contributed by atoms with Gasteiger partial charge in [0.15, 0.2) is 0 Å². The Kier molecular flexibility index (Phi) is 4.15. The molecule has 0 spiro atoms. The van der Waals surface area contributed by atoms with Crippen molar-refractivity contribution >= 4 is 11.6 Å². The molecule has 0 saturated carbocycles. The van der Waals surface area contributed by atoms with Gasteiger partial charge in [-0.1, -0.05) is 11.6 Å². The van der Waals surface area contributed by atoms with E-state index in [1.165, 1.54) is 7.05 Å². The third-order valence-corrected chi connectivity index (χ3v) is 2.48. The summed E-state index contributed by atoms with van der Waals surface area (Å²) in [6, 6.07) is 2.97. The highest BCUT2D eigenvalue weighted by molar-refractivity contribution is 6.31. The zero-order valence-electron chi connectivity index (χ0n) is 8.41. The van der Waals surface area contributed by atoms with Gasteiger partial charge in [-0.25, -0.2) is 4.39 Å². The van der Waals surface area contributed by atoms with Gasteiger partial charge in [-0.15, -0.1) is 0 Å². The van der Waals surface area contributed by atoms with Crippen LogP contribution in [0, 0.1) is 5.82 Å². The molecule has 1 aromatic rings. The molecule has 1 aromatic carbocycles. The third-order valence-electron chi connectivity index (χ3n) is 2.14. The van der Waals surface area contributed by atoms with Gasteiger partial charge in [0.05, 0.1) is 5.92 Å². The summed E-state index contributed by atoms with van der Waals surface area (Å²) in [5.41, 5.74) is -0.247. The van der Waals surface area contributed by atoms with Gasteiger partial charge in [0, 0.05) is 11.6 Å². The molecule has 0 amide bonds. The molecule has 0 aliphatic carbocycles. The van der Waals surface area contributed by atoms with Crippen LogP contribution in [0.1, 0.15) is 11.5 Å². The largest absolute Gasteiger partial charge is 0.397 e. The van der Waals surface area contributed by atoms with Crippen LogP contribution in [0.5, 0.6) is 0 Å². The van der Waals surface area contributed by atoms with E-state index in [0.717, 1.165) is 18.2 Å². The number of alkyl halides is 3. The molecular formula is C10H10ClF4N. The van der Waals surface area contributed by atoms with Crippen molar-refractivity contribution < 1.29 is 17.6 Å². The molecule has 1 rings (SSSR count). The van der Waals surface area contributed by atoms with Gasteiger partial charge < -0.3 is 5.32 Å². The van der Waals surface area contributed by atoms with Gasteiger partial charge >= 0.3 is 6.18 Å². The fourth-order valence-corrected chi connectivity index (χ4v) is 1.64. The van der Waals surface area contributed by atoms with Crippen LogP contribution in [0.15, 0.2) is 18.2 Å². The summed E-state index contributed by atoms with van der Waals surface area (Å²) in [4.78, 5) is 0. The quantitative estimate of drug-likeness (QED) is 0.817. The average molecular weight is 256 g/mol. The van der Waals surface area contributed by atoms with E-state index in [9.17, 15) is 17.6 Å². The van der Waals surface area contributed by atoms with E-state index in [0.29, 0.717) is 0 Å². The Labute approximate surface area is 95.4 Å². The molecule has 0 aliphatic rings. The summed E-state index contributed by atoms with van der Waals surface area (Å²) in [6.07, 6.45) is -4.46. The number of benzene rings is 1. The maximum absolute atomic E-state index is 12.9. The molecule has 0 bridgehead atoms. The first kappa shape index (κ1) is 13.3. The van der Waals surface area contributed by atoms with Crippen LogP contribution < -0.4 is 5.32 Å². The van der Waals surface area contributed by atoms with E-state index in [4.69, 9.17) is 11.6 Å². The second-order valence-corrected chi connectivity index (χ2v) is 3.72. The zero-order chi connectivity index (χ0) is 12.3. The number of likely N-dealkylation sites (N-methyl/N-ethyl adjacent to an activating group) is 1. The summed E-state index contributed by atoms with van der Waals surface area (Å²) >= 11 is 5.64. The highest BCUT2D eigenvalue weighted by Crippen LogP contribution is 2.37. The first-order valence-electron chi connectivity index (χ1n) is 4.52. The molecule has 0 fully saturated rings. The first-order chi connectivity index (χ1) is 7.36. The molecule has 1 unspecified atom stereocenters. The van der Waals surface area contributed by atoms with Crippen molar-refractivity contribution in [2.45, 2.75) is 12.1 Å². The van der Waals surface area contributed by atoms with Gasteiger partial charge in [0.1, 0.15) is 5.82 Å². The van der Waals surface area contributed by atoms with E-state index in [-0.39, 0.29) is 17.1 Å². The van der Waals surface area contributed by atoms with Crippen LogP contribution in [0.3, 0.4) is 0 Å². The first-order valence-corrected chi connectivity index (χ1v) is 4.90. The lowest BCUT2D eigenvalue weighted by molar-refractivity contribution is -0.149. The minimum absolute atomic E-state index is 0.0843. The van der Waals surface area contributed by atoms with E-state index < -0.39 is 17.9 Å². The predicted octanol–water partition coefficient (Wildman–Crippen LogP) is 3.34. The monoisotopic (exact) mass is 255 g/mol. The highest BCUT2D eigenvalue weighted by atomic mass is 35.5. The van der Waals surface area contributed by atoms with Crippen LogP contribution in [-0.4, -0.2) is 19.8 Å². The molecule has 0 saturated heterocycles. The van der Waals surface area contributed by atoms with Gasteiger partial charge in [-0.2, -0.15) is 13.2 Å². The molecule has 90 valence electrons. The zero-order valence-corrected chi connectivity index (χ0v) is 9.16. The van der Waals surface area contributed by atoms with Gasteiger partial charge in [-0.05, 0) is 30.8 Å². The minimum atomic E-state index is -4.46. The summed E-state index contributed by atoms with van der Waals surface area (Å²) < 4.78 is 50.9. The lowest BCUT2D eigenvalue weighted by Crippen LogP contribution is -2.30. The lowest BCUT2D eigenvalue weighted by atomic mass is 9.98. The van der Waals surface area contributed by atoms with Crippen molar-refractivity contribution in [2.24, 2.45) is 0 Å². The maximum Gasteiger partial charge on any atom is 0.397 e. The lowest BCUT2D eigenvalue weighted by Gasteiger charge is -2.21. The topological polar surface area (TPSA) is 12.0 Å². The van der Waals surface area contributed by atoms with Crippen molar-refractivity contribution in [1.82, 2.24) is 5.32 Å². The molecule has 1 nitrogen and oxygen atoms in total. The maximum atomic E-state index is 12.9. The Hall–Kier alpha value is -0.810. The number of hydrogen-bond donors (Lipinski definition) is 1. The molecule has 0 radical (unpaired) electrons. The second-order valence-electron chi connectivity index (χ2n) is 3.32. The summed E-state index contributed by atoms with van der Waals surface area (Å²) in [6.45, 7) is -0.341. The van der Waals surface area contributed by atoms with Crippen LogP contribution in [0.4, 0.5) is 17.6 Å². The van der Waals surface area contributed by atoms with Crippen molar-refractivity contribution in [3.63, 3.8) is 0 Å². The second kappa shape index (κ2) is 5.01. The summed E-state index contributed by atoms with van der Waals surface area (Å²) in [5.74, 6) is -2.54. The predicted molar refractivity (Wildman–Crippen MR) is 54.1 cm³/mol. The smallest absolute Gasteiger partial charge is 0.319 e. The van der Waals surface area contributed by atoms with Crippen molar-refractivity contribution in [1.29, 1.82) is 0 Å². The van der Waals surface area contributed by atoms with E-state index in [1.807, 2.05) is 0 Å². The molecule has 1 atom stereocenters. The molecule has 0 aliphatic heterocycles. The number of rotatable bonds is 3. The van der Waals surface area contributed by atoms with Crippen molar-refractivity contribution in [3.8, 4) is 0 Å². The van der Waals surface area contributed by atoms with Crippen LogP contribution in [-0.2, 0) is 0 Å². The Morgan fingerprint density at radius 2 is 2.00 bits per heavy atom. The SMILES string of the molecule is CNCC(c1cc(F)ccc1Cl)C(F)(F)F. The molecule has 6 heteroatoms. The van der Waals surface area contributed by atoms with Gasteiger partial charge in [0.25, 0.3) is 0 Å². The summed E-state index contributed by atoms with van der Waals surface area (Å²) in [7, 11) is 1.39. The molecule has 1 N–H and O–H groups in total. The van der Waals surface area contributed by atoms with E-state index in [1.54, 1.807) is 0 Å². The highest BCUT2D eigenvalue weighted by Gasteiger charge is 2.41. The van der Waals surface area contributed by atoms with Crippen molar-refractivity contribution in [2.75, 3.05) is 13.6 Å². The molecule has 16 heavy (non-hydrogen) atoms. The van der Waals surface area contributed by atoms with E-state index >= 15 is 0 Å². The molecular weight excluding hydrogens is 246 g/mol. The standard InChI is InChI=1S/C10H10ClF4N/c1-16-5-8(10(13,14)15)7-4-6(12)2-3-9(7)11/h2-4,8,16H,5H2,1H3. The van der Waals surface area contributed by atoms with Gasteiger partial charge in [-0.3, -0.25) is 0 Å². The number of halogens is 5. The Morgan fingerprint density at radius 1 is 1.38 bits per heavy atom. The molecule has 0 aromatic heterocycles. The van der Waals surface area contributed by atoms with E-state index in [2.05, 4.69) is 5.32 Å². The Bertz CT molecular complexity index is 364. The summed E-state index contributed by atoms with van der Waals surface area (Å²) in [5, 5.41) is 2.33. The Balaban J connectivity index is 3.15. The van der Waals surface area contributed by atoms with Crippen LogP contribution in [0.2, 0.25) is 5.02 Å². The number of nitrogens with one attached hydrogen (secondary N) is 1.